The number of hydrogen-bond donors (Lipinski definition) is 1. The lowest BCUT2D eigenvalue weighted by Gasteiger charge is -2.21. The maximum absolute atomic E-state index is 4.59. The van der Waals surface area contributed by atoms with E-state index in [4.69, 9.17) is 0 Å². The van der Waals surface area contributed by atoms with Crippen LogP contribution in [0.1, 0.15) is 50.4 Å². The number of aromatic nitrogens is 2. The quantitative estimate of drug-likeness (QED) is 0.794. The van der Waals surface area contributed by atoms with Crippen molar-refractivity contribution in [3.63, 3.8) is 0 Å². The molecule has 1 atom stereocenters. The van der Waals surface area contributed by atoms with Gasteiger partial charge in [-0.15, -0.1) is 0 Å². The minimum atomic E-state index is 0.497. The van der Waals surface area contributed by atoms with Gasteiger partial charge in [-0.1, -0.05) is 11.6 Å². The fraction of sp³-hybridized carbons (Fsp3) is 0.688. The fourth-order valence-corrected chi connectivity index (χ4v) is 3.43. The standard InChI is InChI=1S/C16H26BrN3/c1-4-20-15(16(17)12(2)19-20)11-14(18-3)10-13-8-6-5-7-9-13/h8,14,18H,4-7,9-11H2,1-3H3. The van der Waals surface area contributed by atoms with E-state index >= 15 is 0 Å². The summed E-state index contributed by atoms with van der Waals surface area (Å²) in [5.74, 6) is 0. The SMILES string of the molecule is CCn1nc(C)c(Br)c1CC(CC1=CCCCC1)NC. The Morgan fingerprint density at radius 2 is 2.20 bits per heavy atom. The van der Waals surface area contributed by atoms with Crippen molar-refractivity contribution >= 4 is 15.9 Å². The van der Waals surface area contributed by atoms with Crippen molar-refractivity contribution < 1.29 is 0 Å². The van der Waals surface area contributed by atoms with Gasteiger partial charge in [0.1, 0.15) is 0 Å². The lowest BCUT2D eigenvalue weighted by atomic mass is 9.93. The first-order valence-electron chi connectivity index (χ1n) is 7.72. The molecule has 0 fully saturated rings. The normalized spacial score (nSPS) is 17.1. The molecule has 4 heteroatoms. The Kier molecular flexibility index (Phi) is 5.85. The van der Waals surface area contributed by atoms with E-state index in [1.54, 1.807) is 5.57 Å². The maximum Gasteiger partial charge on any atom is 0.0738 e. The van der Waals surface area contributed by atoms with Gasteiger partial charge in [-0.3, -0.25) is 4.68 Å². The van der Waals surface area contributed by atoms with E-state index in [0.29, 0.717) is 6.04 Å². The predicted molar refractivity (Wildman–Crippen MR) is 88.1 cm³/mol. The first-order chi connectivity index (χ1) is 9.65. The number of rotatable bonds is 6. The van der Waals surface area contributed by atoms with Gasteiger partial charge < -0.3 is 5.32 Å². The average molecular weight is 340 g/mol. The minimum Gasteiger partial charge on any atom is -0.316 e. The first kappa shape index (κ1) is 15.8. The number of halogens is 1. The summed E-state index contributed by atoms with van der Waals surface area (Å²) >= 11 is 3.70. The molecule has 0 radical (unpaired) electrons. The molecule has 0 bridgehead atoms. The van der Waals surface area contributed by atoms with Crippen molar-refractivity contribution in [3.8, 4) is 0 Å². The maximum atomic E-state index is 4.59. The summed E-state index contributed by atoms with van der Waals surface area (Å²) in [5, 5.41) is 8.07. The summed E-state index contributed by atoms with van der Waals surface area (Å²) in [6.07, 6.45) is 9.91. The second-order valence-electron chi connectivity index (χ2n) is 5.66. The molecule has 1 unspecified atom stereocenters. The Labute approximate surface area is 131 Å². The van der Waals surface area contributed by atoms with Gasteiger partial charge in [-0.25, -0.2) is 0 Å². The number of allylic oxidation sites excluding steroid dienone is 1. The molecule has 0 aliphatic heterocycles. The number of likely N-dealkylation sites (N-methyl/N-ethyl adjacent to an activating group) is 1. The molecular weight excluding hydrogens is 314 g/mol. The molecule has 20 heavy (non-hydrogen) atoms. The van der Waals surface area contributed by atoms with Crippen LogP contribution < -0.4 is 5.32 Å². The third-order valence-corrected chi connectivity index (χ3v) is 5.23. The second kappa shape index (κ2) is 7.41. The van der Waals surface area contributed by atoms with Crippen LogP contribution in [-0.4, -0.2) is 22.9 Å². The van der Waals surface area contributed by atoms with E-state index < -0.39 is 0 Å². The third-order valence-electron chi connectivity index (χ3n) is 4.19. The van der Waals surface area contributed by atoms with Crippen molar-refractivity contribution in [1.82, 2.24) is 15.1 Å². The molecule has 112 valence electrons. The predicted octanol–water partition coefficient (Wildman–Crippen LogP) is 3.99. The molecule has 1 aromatic rings. The highest BCUT2D eigenvalue weighted by Crippen LogP contribution is 2.26. The molecule has 1 aliphatic carbocycles. The Morgan fingerprint density at radius 3 is 2.80 bits per heavy atom. The Hall–Kier alpha value is -0.610. The lowest BCUT2D eigenvalue weighted by Crippen LogP contribution is -2.29. The molecule has 0 spiro atoms. The molecule has 1 aromatic heterocycles. The summed E-state index contributed by atoms with van der Waals surface area (Å²) in [6, 6.07) is 0.497. The summed E-state index contributed by atoms with van der Waals surface area (Å²) in [7, 11) is 2.07. The van der Waals surface area contributed by atoms with Crippen molar-refractivity contribution in [2.24, 2.45) is 0 Å². The smallest absolute Gasteiger partial charge is 0.0738 e. The van der Waals surface area contributed by atoms with Crippen LogP contribution in [0.15, 0.2) is 16.1 Å². The van der Waals surface area contributed by atoms with E-state index in [-0.39, 0.29) is 0 Å². The highest BCUT2D eigenvalue weighted by molar-refractivity contribution is 9.10. The molecule has 0 aromatic carbocycles. The highest BCUT2D eigenvalue weighted by Gasteiger charge is 2.18. The molecule has 0 saturated heterocycles. The average Bonchev–Trinajstić information content (AvgIpc) is 2.75. The van der Waals surface area contributed by atoms with Crippen LogP contribution in [0.5, 0.6) is 0 Å². The van der Waals surface area contributed by atoms with E-state index in [1.807, 2.05) is 0 Å². The summed E-state index contributed by atoms with van der Waals surface area (Å²) in [6.45, 7) is 5.15. The molecule has 1 aliphatic rings. The van der Waals surface area contributed by atoms with E-state index in [2.05, 4.69) is 58.0 Å². The Bertz CT molecular complexity index is 476. The molecule has 1 heterocycles. The summed E-state index contributed by atoms with van der Waals surface area (Å²) < 4.78 is 3.30. The monoisotopic (exact) mass is 339 g/mol. The third kappa shape index (κ3) is 3.73. The van der Waals surface area contributed by atoms with Crippen molar-refractivity contribution in [3.05, 3.63) is 27.5 Å². The summed E-state index contributed by atoms with van der Waals surface area (Å²) in [4.78, 5) is 0. The fourth-order valence-electron chi connectivity index (χ4n) is 2.98. The second-order valence-corrected chi connectivity index (χ2v) is 6.46. The summed E-state index contributed by atoms with van der Waals surface area (Å²) in [5.41, 5.74) is 4.04. The van der Waals surface area contributed by atoms with Gasteiger partial charge in [0.25, 0.3) is 0 Å². The molecule has 0 saturated carbocycles. The number of hydrogen-bond acceptors (Lipinski definition) is 2. The molecule has 2 rings (SSSR count). The van der Waals surface area contributed by atoms with Crippen LogP contribution in [0.3, 0.4) is 0 Å². The van der Waals surface area contributed by atoms with E-state index in [9.17, 15) is 0 Å². The molecular formula is C16H26BrN3. The van der Waals surface area contributed by atoms with Gasteiger partial charge >= 0.3 is 0 Å². The zero-order chi connectivity index (χ0) is 14.5. The van der Waals surface area contributed by atoms with Crippen molar-refractivity contribution in [2.45, 2.75) is 65.0 Å². The Morgan fingerprint density at radius 1 is 1.40 bits per heavy atom. The van der Waals surface area contributed by atoms with Gasteiger partial charge in [0.15, 0.2) is 0 Å². The van der Waals surface area contributed by atoms with Gasteiger partial charge in [-0.2, -0.15) is 5.10 Å². The zero-order valence-corrected chi connectivity index (χ0v) is 14.5. The number of nitrogens with zero attached hydrogens (tertiary/aromatic N) is 2. The van der Waals surface area contributed by atoms with Gasteiger partial charge in [-0.05, 0) is 68.9 Å². The van der Waals surface area contributed by atoms with Crippen LogP contribution >= 0.6 is 15.9 Å². The lowest BCUT2D eigenvalue weighted by molar-refractivity contribution is 0.504. The van der Waals surface area contributed by atoms with E-state index in [1.165, 1.54) is 35.8 Å². The van der Waals surface area contributed by atoms with Crippen LogP contribution in [0, 0.1) is 6.92 Å². The van der Waals surface area contributed by atoms with Gasteiger partial charge in [0.05, 0.1) is 15.9 Å². The van der Waals surface area contributed by atoms with Crippen molar-refractivity contribution in [2.75, 3.05) is 7.05 Å². The van der Waals surface area contributed by atoms with E-state index in [0.717, 1.165) is 25.1 Å². The zero-order valence-electron chi connectivity index (χ0n) is 12.9. The molecule has 1 N–H and O–H groups in total. The van der Waals surface area contributed by atoms with Crippen LogP contribution in [0.2, 0.25) is 0 Å². The Balaban J connectivity index is 2.07. The van der Waals surface area contributed by atoms with Gasteiger partial charge in [0, 0.05) is 19.0 Å². The number of aryl methyl sites for hydroxylation is 2. The first-order valence-corrected chi connectivity index (χ1v) is 8.52. The highest BCUT2D eigenvalue weighted by atomic mass is 79.9. The largest absolute Gasteiger partial charge is 0.316 e. The van der Waals surface area contributed by atoms with Crippen LogP contribution in [-0.2, 0) is 13.0 Å². The van der Waals surface area contributed by atoms with Crippen molar-refractivity contribution in [1.29, 1.82) is 0 Å². The van der Waals surface area contributed by atoms with Crippen LogP contribution in [0.4, 0.5) is 0 Å². The molecule has 3 nitrogen and oxygen atoms in total. The topological polar surface area (TPSA) is 29.9 Å². The van der Waals surface area contributed by atoms with Crippen LogP contribution in [0.25, 0.3) is 0 Å². The number of nitrogens with one attached hydrogen (secondary N) is 1. The minimum absolute atomic E-state index is 0.497. The van der Waals surface area contributed by atoms with Gasteiger partial charge in [0.2, 0.25) is 0 Å². The molecule has 0 amide bonds.